The van der Waals surface area contributed by atoms with Gasteiger partial charge in [-0.05, 0) is 19.1 Å². The van der Waals surface area contributed by atoms with Gasteiger partial charge in [0.1, 0.15) is 22.6 Å². The molecule has 0 aliphatic rings. The molecule has 0 saturated carbocycles. The number of carbonyl (C=O) groups is 1. The van der Waals surface area contributed by atoms with Gasteiger partial charge in [-0.1, -0.05) is 6.07 Å². The molecule has 0 fully saturated rings. The predicted octanol–water partition coefficient (Wildman–Crippen LogP) is 2.13. The SMILES string of the molecule is CCOC(=O)Cc1csc(CNc2cccc(C#N)n2)n1. The minimum atomic E-state index is -0.273. The number of nitrogens with zero attached hydrogens (tertiary/aromatic N) is 3. The van der Waals surface area contributed by atoms with Crippen molar-refractivity contribution >= 4 is 23.1 Å². The lowest BCUT2D eigenvalue weighted by atomic mass is 10.3. The number of carbonyl (C=O) groups excluding carboxylic acids is 1. The van der Waals surface area contributed by atoms with Gasteiger partial charge in [0.15, 0.2) is 0 Å². The van der Waals surface area contributed by atoms with Gasteiger partial charge in [0.2, 0.25) is 0 Å². The molecule has 0 aliphatic heterocycles. The summed E-state index contributed by atoms with van der Waals surface area (Å²) in [6.45, 7) is 2.64. The second-order valence-electron chi connectivity index (χ2n) is 4.09. The number of hydrogen-bond acceptors (Lipinski definition) is 7. The number of hydrogen-bond donors (Lipinski definition) is 1. The lowest BCUT2D eigenvalue weighted by molar-refractivity contribution is -0.142. The van der Waals surface area contributed by atoms with E-state index < -0.39 is 0 Å². The zero-order valence-corrected chi connectivity index (χ0v) is 12.3. The Morgan fingerprint density at radius 3 is 3.10 bits per heavy atom. The van der Waals surface area contributed by atoms with Gasteiger partial charge in [-0.2, -0.15) is 5.26 Å². The summed E-state index contributed by atoms with van der Waals surface area (Å²) in [5.74, 6) is 0.349. The van der Waals surface area contributed by atoms with Gasteiger partial charge in [0.25, 0.3) is 0 Å². The molecule has 108 valence electrons. The third-order valence-electron chi connectivity index (χ3n) is 2.51. The van der Waals surface area contributed by atoms with Crippen LogP contribution in [0.3, 0.4) is 0 Å². The number of rotatable bonds is 6. The van der Waals surface area contributed by atoms with Crippen molar-refractivity contribution in [2.75, 3.05) is 11.9 Å². The van der Waals surface area contributed by atoms with Crippen LogP contribution >= 0.6 is 11.3 Å². The first-order valence-corrected chi connectivity index (χ1v) is 7.29. The van der Waals surface area contributed by atoms with Gasteiger partial charge < -0.3 is 10.1 Å². The number of pyridine rings is 1. The molecule has 2 rings (SSSR count). The van der Waals surface area contributed by atoms with Crippen molar-refractivity contribution < 1.29 is 9.53 Å². The average molecular weight is 302 g/mol. The summed E-state index contributed by atoms with van der Waals surface area (Å²) in [5.41, 5.74) is 1.07. The number of thiazole rings is 1. The van der Waals surface area contributed by atoms with E-state index in [9.17, 15) is 4.79 Å². The van der Waals surface area contributed by atoms with E-state index in [1.807, 2.05) is 11.4 Å². The maximum absolute atomic E-state index is 11.4. The van der Waals surface area contributed by atoms with Crippen molar-refractivity contribution in [1.29, 1.82) is 5.26 Å². The molecule has 0 amide bonds. The molecule has 6 nitrogen and oxygen atoms in total. The summed E-state index contributed by atoms with van der Waals surface area (Å²) in [5, 5.41) is 14.6. The number of nitrogens with one attached hydrogen (secondary N) is 1. The quantitative estimate of drug-likeness (QED) is 0.822. The van der Waals surface area contributed by atoms with E-state index >= 15 is 0 Å². The predicted molar refractivity (Wildman–Crippen MR) is 78.7 cm³/mol. The van der Waals surface area contributed by atoms with Crippen molar-refractivity contribution in [3.05, 3.63) is 40.0 Å². The first-order valence-electron chi connectivity index (χ1n) is 6.41. The van der Waals surface area contributed by atoms with E-state index in [0.29, 0.717) is 30.4 Å². The fraction of sp³-hybridized carbons (Fsp3) is 0.286. The van der Waals surface area contributed by atoms with Crippen LogP contribution in [0.1, 0.15) is 23.3 Å². The molecule has 0 atom stereocenters. The summed E-state index contributed by atoms with van der Waals surface area (Å²) in [6, 6.07) is 7.18. The van der Waals surface area contributed by atoms with Crippen LogP contribution in [-0.4, -0.2) is 22.5 Å². The van der Waals surface area contributed by atoms with E-state index in [4.69, 9.17) is 10.00 Å². The van der Waals surface area contributed by atoms with Crippen molar-refractivity contribution in [3.63, 3.8) is 0 Å². The smallest absolute Gasteiger partial charge is 0.311 e. The standard InChI is InChI=1S/C14H14N4O2S/c1-2-20-14(19)6-11-9-21-13(18-11)8-16-12-5-3-4-10(7-15)17-12/h3-5,9H,2,6,8H2,1H3,(H,16,17). The monoisotopic (exact) mass is 302 g/mol. The van der Waals surface area contributed by atoms with Crippen LogP contribution in [0.2, 0.25) is 0 Å². The van der Waals surface area contributed by atoms with Crippen LogP contribution in [-0.2, 0) is 22.5 Å². The molecule has 0 aromatic carbocycles. The molecular formula is C14H14N4O2S. The summed E-state index contributed by atoms with van der Waals surface area (Å²) in [7, 11) is 0. The summed E-state index contributed by atoms with van der Waals surface area (Å²) < 4.78 is 4.88. The number of esters is 1. The summed E-state index contributed by atoms with van der Waals surface area (Å²) >= 11 is 1.46. The topological polar surface area (TPSA) is 87.9 Å². The molecule has 0 radical (unpaired) electrons. The van der Waals surface area contributed by atoms with Crippen molar-refractivity contribution in [2.45, 2.75) is 19.9 Å². The van der Waals surface area contributed by atoms with Crippen LogP contribution < -0.4 is 5.32 Å². The van der Waals surface area contributed by atoms with Crippen LogP contribution in [0.15, 0.2) is 23.6 Å². The minimum Gasteiger partial charge on any atom is -0.466 e. The fourth-order valence-corrected chi connectivity index (χ4v) is 2.37. The van der Waals surface area contributed by atoms with Gasteiger partial charge in [-0.15, -0.1) is 11.3 Å². The van der Waals surface area contributed by atoms with E-state index in [1.54, 1.807) is 25.1 Å². The number of anilines is 1. The van der Waals surface area contributed by atoms with Gasteiger partial charge in [-0.25, -0.2) is 9.97 Å². The largest absolute Gasteiger partial charge is 0.466 e. The second kappa shape index (κ2) is 7.36. The van der Waals surface area contributed by atoms with Crippen LogP contribution in [0, 0.1) is 11.3 Å². The Bertz CT molecular complexity index is 663. The molecule has 0 saturated heterocycles. The first-order chi connectivity index (χ1) is 10.2. The van der Waals surface area contributed by atoms with Crippen LogP contribution in [0.25, 0.3) is 0 Å². The molecule has 0 bridgehead atoms. The molecular weight excluding hydrogens is 288 g/mol. The number of ether oxygens (including phenoxy) is 1. The third-order valence-corrected chi connectivity index (χ3v) is 3.41. The van der Waals surface area contributed by atoms with Gasteiger partial charge in [-0.3, -0.25) is 4.79 Å². The van der Waals surface area contributed by atoms with Gasteiger partial charge >= 0.3 is 5.97 Å². The Morgan fingerprint density at radius 1 is 1.48 bits per heavy atom. The molecule has 0 unspecified atom stereocenters. The average Bonchev–Trinajstić information content (AvgIpc) is 2.93. The highest BCUT2D eigenvalue weighted by atomic mass is 32.1. The molecule has 21 heavy (non-hydrogen) atoms. The molecule has 7 heteroatoms. The van der Waals surface area contributed by atoms with E-state index in [1.165, 1.54) is 11.3 Å². The molecule has 0 aliphatic carbocycles. The Kier molecular flexibility index (Phi) is 5.23. The van der Waals surface area contributed by atoms with Crippen LogP contribution in [0.4, 0.5) is 5.82 Å². The molecule has 2 aromatic rings. The van der Waals surface area contributed by atoms with Crippen molar-refractivity contribution in [3.8, 4) is 6.07 Å². The maximum Gasteiger partial charge on any atom is 0.311 e. The van der Waals surface area contributed by atoms with E-state index in [2.05, 4.69) is 15.3 Å². The van der Waals surface area contributed by atoms with E-state index in [0.717, 1.165) is 5.01 Å². The summed E-state index contributed by atoms with van der Waals surface area (Å²) in [6.07, 6.45) is 0.187. The Balaban J connectivity index is 1.90. The minimum absolute atomic E-state index is 0.187. The normalized spacial score (nSPS) is 9.90. The fourth-order valence-electron chi connectivity index (χ4n) is 1.63. The lowest BCUT2D eigenvalue weighted by Gasteiger charge is -2.02. The lowest BCUT2D eigenvalue weighted by Crippen LogP contribution is -2.08. The Labute approximate surface area is 126 Å². The summed E-state index contributed by atoms with van der Waals surface area (Å²) in [4.78, 5) is 19.8. The van der Waals surface area contributed by atoms with Crippen LogP contribution in [0.5, 0.6) is 0 Å². The molecule has 2 aromatic heterocycles. The highest BCUT2D eigenvalue weighted by Gasteiger charge is 2.08. The number of aromatic nitrogens is 2. The second-order valence-corrected chi connectivity index (χ2v) is 5.03. The third kappa shape index (κ3) is 4.54. The zero-order chi connectivity index (χ0) is 15.1. The molecule has 2 heterocycles. The first kappa shape index (κ1) is 14.9. The number of nitriles is 1. The highest BCUT2D eigenvalue weighted by Crippen LogP contribution is 2.13. The Morgan fingerprint density at radius 2 is 2.33 bits per heavy atom. The molecule has 0 spiro atoms. The maximum atomic E-state index is 11.4. The van der Waals surface area contributed by atoms with Gasteiger partial charge in [0.05, 0.1) is 25.3 Å². The van der Waals surface area contributed by atoms with Crippen molar-refractivity contribution in [1.82, 2.24) is 9.97 Å². The van der Waals surface area contributed by atoms with Gasteiger partial charge in [0, 0.05) is 5.38 Å². The zero-order valence-electron chi connectivity index (χ0n) is 11.5. The van der Waals surface area contributed by atoms with E-state index in [-0.39, 0.29) is 12.4 Å². The molecule has 1 N–H and O–H groups in total. The highest BCUT2D eigenvalue weighted by molar-refractivity contribution is 7.09. The Hall–Kier alpha value is -2.46. The van der Waals surface area contributed by atoms with Crippen molar-refractivity contribution in [2.24, 2.45) is 0 Å².